The fourth-order valence-corrected chi connectivity index (χ4v) is 2.42. The number of nitrogen functional groups attached to an aromatic ring is 1. The summed E-state index contributed by atoms with van der Waals surface area (Å²) in [6.07, 6.45) is -0.0495. The summed E-state index contributed by atoms with van der Waals surface area (Å²) in [5, 5.41) is 0. The minimum absolute atomic E-state index is 0.0247. The normalized spacial score (nSPS) is 22.7. The molecular formula is C13H19N3O3. The highest BCUT2D eigenvalue weighted by atomic mass is 16.5. The van der Waals surface area contributed by atoms with Crippen LogP contribution in [-0.2, 0) is 9.47 Å². The fraction of sp³-hybridized carbons (Fsp3) is 0.462. The van der Waals surface area contributed by atoms with Gasteiger partial charge in [0.2, 0.25) is 0 Å². The molecule has 0 saturated carbocycles. The zero-order valence-electron chi connectivity index (χ0n) is 11.1. The zero-order valence-corrected chi connectivity index (χ0v) is 11.1. The van der Waals surface area contributed by atoms with E-state index in [9.17, 15) is 4.79 Å². The second-order valence-corrected chi connectivity index (χ2v) is 4.59. The molecule has 2 rings (SSSR count). The maximum atomic E-state index is 11.5. The zero-order chi connectivity index (χ0) is 14.0. The van der Waals surface area contributed by atoms with Crippen molar-refractivity contribution in [3.8, 4) is 0 Å². The molecule has 0 radical (unpaired) electrons. The lowest BCUT2D eigenvalue weighted by atomic mass is 10.1. The van der Waals surface area contributed by atoms with Gasteiger partial charge in [-0.25, -0.2) is 0 Å². The van der Waals surface area contributed by atoms with E-state index in [1.807, 2.05) is 4.90 Å². The number of carbonyl (C=O) groups is 1. The van der Waals surface area contributed by atoms with Gasteiger partial charge in [0.15, 0.2) is 0 Å². The van der Waals surface area contributed by atoms with E-state index >= 15 is 0 Å². The van der Waals surface area contributed by atoms with Crippen molar-refractivity contribution in [2.45, 2.75) is 12.2 Å². The highest BCUT2D eigenvalue weighted by Gasteiger charge is 2.34. The van der Waals surface area contributed by atoms with E-state index in [4.69, 9.17) is 20.9 Å². The van der Waals surface area contributed by atoms with Crippen molar-refractivity contribution in [3.63, 3.8) is 0 Å². The van der Waals surface area contributed by atoms with Gasteiger partial charge in [0.1, 0.15) is 12.2 Å². The SMILES string of the molecule is COC1CN(c2ccc(N)cc2C(N)=O)CC1OC. The molecule has 6 heteroatoms. The Bertz CT molecular complexity index is 466. The van der Waals surface area contributed by atoms with Gasteiger partial charge in [-0.15, -0.1) is 0 Å². The smallest absolute Gasteiger partial charge is 0.250 e. The van der Waals surface area contributed by atoms with Crippen LogP contribution in [0.15, 0.2) is 18.2 Å². The third-order valence-corrected chi connectivity index (χ3v) is 3.45. The maximum absolute atomic E-state index is 11.5. The number of hydrogen-bond acceptors (Lipinski definition) is 5. The van der Waals surface area contributed by atoms with Crippen molar-refractivity contribution in [2.75, 3.05) is 37.9 Å². The third kappa shape index (κ3) is 2.64. The summed E-state index contributed by atoms with van der Waals surface area (Å²) in [4.78, 5) is 13.5. The topological polar surface area (TPSA) is 90.8 Å². The molecule has 1 fully saturated rings. The molecule has 2 unspecified atom stereocenters. The molecule has 2 atom stereocenters. The van der Waals surface area contributed by atoms with Crippen LogP contribution in [-0.4, -0.2) is 45.4 Å². The monoisotopic (exact) mass is 265 g/mol. The summed E-state index contributed by atoms with van der Waals surface area (Å²) >= 11 is 0. The molecule has 6 nitrogen and oxygen atoms in total. The number of ether oxygens (including phenoxy) is 2. The van der Waals surface area contributed by atoms with Crippen molar-refractivity contribution >= 4 is 17.3 Å². The van der Waals surface area contributed by atoms with Gasteiger partial charge in [0, 0.05) is 38.7 Å². The van der Waals surface area contributed by atoms with Crippen LogP contribution in [0.2, 0.25) is 0 Å². The van der Waals surface area contributed by atoms with Crippen LogP contribution in [0.5, 0.6) is 0 Å². The fourth-order valence-electron chi connectivity index (χ4n) is 2.42. The van der Waals surface area contributed by atoms with E-state index < -0.39 is 5.91 Å². The van der Waals surface area contributed by atoms with E-state index in [0.29, 0.717) is 24.3 Å². The summed E-state index contributed by atoms with van der Waals surface area (Å²) < 4.78 is 10.8. The molecule has 1 aliphatic rings. The van der Waals surface area contributed by atoms with Crippen molar-refractivity contribution in [1.82, 2.24) is 0 Å². The third-order valence-electron chi connectivity index (χ3n) is 3.45. The minimum Gasteiger partial charge on any atom is -0.399 e. The van der Waals surface area contributed by atoms with Crippen molar-refractivity contribution in [1.29, 1.82) is 0 Å². The van der Waals surface area contributed by atoms with Crippen LogP contribution in [0.3, 0.4) is 0 Å². The van der Waals surface area contributed by atoms with Crippen LogP contribution in [0.1, 0.15) is 10.4 Å². The number of hydrogen-bond donors (Lipinski definition) is 2. The molecule has 1 saturated heterocycles. The predicted octanol–water partition coefficient (Wildman–Crippen LogP) is 0.218. The van der Waals surface area contributed by atoms with Crippen LogP contribution in [0.4, 0.5) is 11.4 Å². The molecule has 104 valence electrons. The number of anilines is 2. The second-order valence-electron chi connectivity index (χ2n) is 4.59. The first-order chi connectivity index (χ1) is 9.06. The van der Waals surface area contributed by atoms with Gasteiger partial charge in [-0.1, -0.05) is 0 Å². The summed E-state index contributed by atoms with van der Waals surface area (Å²) in [6, 6.07) is 5.16. The Labute approximate surface area is 112 Å². The Kier molecular flexibility index (Phi) is 3.92. The highest BCUT2D eigenvalue weighted by molar-refractivity contribution is 5.99. The molecule has 1 amide bonds. The van der Waals surface area contributed by atoms with Gasteiger partial charge in [-0.05, 0) is 18.2 Å². The number of carbonyl (C=O) groups excluding carboxylic acids is 1. The van der Waals surface area contributed by atoms with Crippen LogP contribution < -0.4 is 16.4 Å². The lowest BCUT2D eigenvalue weighted by molar-refractivity contribution is -0.00461. The Hall–Kier alpha value is -1.79. The van der Waals surface area contributed by atoms with Gasteiger partial charge in [0.25, 0.3) is 5.91 Å². The van der Waals surface area contributed by atoms with Crippen molar-refractivity contribution in [2.24, 2.45) is 5.73 Å². The molecule has 0 aliphatic carbocycles. The van der Waals surface area contributed by atoms with E-state index in [1.54, 1.807) is 32.4 Å². The average molecular weight is 265 g/mol. The predicted molar refractivity (Wildman–Crippen MR) is 73.2 cm³/mol. The number of nitrogens with two attached hydrogens (primary N) is 2. The first kappa shape index (κ1) is 13.6. The van der Waals surface area contributed by atoms with E-state index in [-0.39, 0.29) is 12.2 Å². The lowest BCUT2D eigenvalue weighted by Crippen LogP contribution is -2.27. The first-order valence-electron chi connectivity index (χ1n) is 6.06. The highest BCUT2D eigenvalue weighted by Crippen LogP contribution is 2.28. The molecule has 1 heterocycles. The van der Waals surface area contributed by atoms with Gasteiger partial charge in [-0.3, -0.25) is 4.79 Å². The molecule has 1 aliphatic heterocycles. The Balaban J connectivity index is 2.30. The molecule has 4 N–H and O–H groups in total. The molecule has 0 aromatic heterocycles. The Morgan fingerprint density at radius 3 is 2.32 bits per heavy atom. The number of methoxy groups -OCH3 is 2. The summed E-state index contributed by atoms with van der Waals surface area (Å²) in [5.74, 6) is -0.489. The van der Waals surface area contributed by atoms with Gasteiger partial charge in [-0.2, -0.15) is 0 Å². The van der Waals surface area contributed by atoms with E-state index in [1.165, 1.54) is 0 Å². The Morgan fingerprint density at radius 1 is 1.26 bits per heavy atom. The number of benzene rings is 1. The number of primary amides is 1. The van der Waals surface area contributed by atoms with Crippen LogP contribution in [0.25, 0.3) is 0 Å². The molecule has 19 heavy (non-hydrogen) atoms. The largest absolute Gasteiger partial charge is 0.399 e. The number of nitrogens with zero attached hydrogens (tertiary/aromatic N) is 1. The van der Waals surface area contributed by atoms with E-state index in [2.05, 4.69) is 0 Å². The Morgan fingerprint density at radius 2 is 1.84 bits per heavy atom. The minimum atomic E-state index is -0.489. The standard InChI is InChI=1S/C13H19N3O3/c1-18-11-6-16(7-12(11)19-2)10-4-3-8(14)5-9(10)13(15)17/h3-5,11-12H,6-7,14H2,1-2H3,(H2,15,17). The molecule has 0 spiro atoms. The van der Waals surface area contributed by atoms with Crippen molar-refractivity contribution < 1.29 is 14.3 Å². The number of rotatable bonds is 4. The summed E-state index contributed by atoms with van der Waals surface area (Å²) in [7, 11) is 3.30. The molecule has 0 bridgehead atoms. The number of amides is 1. The second kappa shape index (κ2) is 5.46. The molecule has 1 aromatic rings. The quantitative estimate of drug-likeness (QED) is 0.760. The van der Waals surface area contributed by atoms with Gasteiger partial charge >= 0.3 is 0 Å². The first-order valence-corrected chi connectivity index (χ1v) is 6.06. The lowest BCUT2D eigenvalue weighted by Gasteiger charge is -2.20. The average Bonchev–Trinajstić information content (AvgIpc) is 2.81. The van der Waals surface area contributed by atoms with E-state index in [0.717, 1.165) is 5.69 Å². The van der Waals surface area contributed by atoms with Gasteiger partial charge in [0.05, 0.1) is 5.56 Å². The van der Waals surface area contributed by atoms with Crippen LogP contribution in [0, 0.1) is 0 Å². The van der Waals surface area contributed by atoms with Gasteiger partial charge < -0.3 is 25.8 Å². The summed E-state index contributed by atoms with van der Waals surface area (Å²) in [6.45, 7) is 1.30. The maximum Gasteiger partial charge on any atom is 0.250 e. The molecular weight excluding hydrogens is 246 g/mol. The van der Waals surface area contributed by atoms with Crippen molar-refractivity contribution in [3.05, 3.63) is 23.8 Å². The summed E-state index contributed by atoms with van der Waals surface area (Å²) in [5.41, 5.74) is 12.8. The molecule has 1 aromatic carbocycles. The van der Waals surface area contributed by atoms with Crippen LogP contribution >= 0.6 is 0 Å².